The lowest BCUT2D eigenvalue weighted by atomic mass is 9.74. The summed E-state index contributed by atoms with van der Waals surface area (Å²) in [6.07, 6.45) is 8.47. The van der Waals surface area contributed by atoms with E-state index in [9.17, 15) is 19.2 Å². The lowest BCUT2D eigenvalue weighted by molar-refractivity contribution is -0.150. The van der Waals surface area contributed by atoms with Crippen molar-refractivity contribution in [2.24, 2.45) is 5.92 Å². The van der Waals surface area contributed by atoms with E-state index < -0.39 is 29.3 Å². The van der Waals surface area contributed by atoms with E-state index in [4.69, 9.17) is 4.74 Å². The minimum Gasteiger partial charge on any atom is -0.444 e. The molecule has 0 bridgehead atoms. The number of rotatable bonds is 14. The molecule has 5 rings (SSSR count). The van der Waals surface area contributed by atoms with E-state index in [2.05, 4.69) is 30.4 Å². The molecule has 3 aromatic carbocycles. The fourth-order valence-electron chi connectivity index (χ4n) is 7.90. The molecule has 1 N–H and O–H groups in total. The van der Waals surface area contributed by atoms with Gasteiger partial charge in [-0.15, -0.1) is 0 Å². The summed E-state index contributed by atoms with van der Waals surface area (Å²) in [4.78, 5) is 63.2. The maximum absolute atomic E-state index is 14.9. The van der Waals surface area contributed by atoms with Crippen molar-refractivity contribution in [3.8, 4) is 0 Å². The third-order valence-corrected chi connectivity index (χ3v) is 11.0. The Hall–Kier alpha value is -4.70. The average Bonchev–Trinajstić information content (AvgIpc) is 3.13. The van der Waals surface area contributed by atoms with E-state index in [0.29, 0.717) is 31.8 Å². The molecule has 3 aromatic rings. The number of ether oxygens (including phenoxy) is 1. The van der Waals surface area contributed by atoms with Crippen molar-refractivity contribution < 1.29 is 23.9 Å². The lowest BCUT2D eigenvalue weighted by Crippen LogP contribution is -2.57. The molecule has 296 valence electrons. The molecule has 0 aromatic heterocycles. The number of likely N-dealkylation sites (N-methyl/N-ethyl adjacent to an activating group) is 2. The van der Waals surface area contributed by atoms with Gasteiger partial charge in [0.25, 0.3) is 0 Å². The number of hydrogen-bond acceptors (Lipinski definition) is 6. The number of benzene rings is 3. The number of nitrogens with one attached hydrogen (secondary N) is 1. The third kappa shape index (κ3) is 11.4. The van der Waals surface area contributed by atoms with Crippen molar-refractivity contribution >= 4 is 34.6 Å². The van der Waals surface area contributed by atoms with Crippen LogP contribution in [0, 0.1) is 5.92 Å². The maximum Gasteiger partial charge on any atom is 0.408 e. The van der Waals surface area contributed by atoms with Crippen LogP contribution in [0.5, 0.6) is 0 Å². The number of nitrogens with zero attached hydrogens (tertiary/aromatic N) is 4. The van der Waals surface area contributed by atoms with Crippen LogP contribution in [0.1, 0.15) is 70.4 Å². The number of piperidine rings is 1. The Morgan fingerprint density at radius 1 is 0.855 bits per heavy atom. The minimum absolute atomic E-state index is 0.0650. The Bertz CT molecular complexity index is 1810. The van der Waals surface area contributed by atoms with Gasteiger partial charge < -0.3 is 29.7 Å². The van der Waals surface area contributed by atoms with Crippen LogP contribution in [0.3, 0.4) is 0 Å². The number of hydrogen-bond donors (Lipinski definition) is 1. The second-order valence-electron chi connectivity index (χ2n) is 16.9. The van der Waals surface area contributed by atoms with E-state index in [1.807, 2.05) is 92.4 Å². The lowest BCUT2D eigenvalue weighted by Gasteiger charge is -2.42. The van der Waals surface area contributed by atoms with Gasteiger partial charge in [-0.25, -0.2) is 4.79 Å². The van der Waals surface area contributed by atoms with Gasteiger partial charge in [0.05, 0.1) is 0 Å². The first-order valence-electron chi connectivity index (χ1n) is 19.8. The van der Waals surface area contributed by atoms with Gasteiger partial charge in [0, 0.05) is 52.1 Å². The summed E-state index contributed by atoms with van der Waals surface area (Å²) in [5.41, 5.74) is 0.794. The summed E-state index contributed by atoms with van der Waals surface area (Å²) in [5.74, 6) is -0.325. The zero-order valence-corrected chi connectivity index (χ0v) is 33.9. The molecule has 55 heavy (non-hydrogen) atoms. The molecule has 2 fully saturated rings. The van der Waals surface area contributed by atoms with Gasteiger partial charge in [-0.3, -0.25) is 14.4 Å². The molecule has 10 nitrogen and oxygen atoms in total. The SMILES string of the molecule is CN(C)C[C@@H]1CCCN(C(=O)C(Cc2ccccc2)N(C)C(=O)[C@@H](Cc2ccc3ccccc3c2)N(C)C(=O)/C=C/CC2(NC(=O)OC(C)(C)C)CCC2)C1. The molecule has 0 radical (unpaired) electrons. The van der Waals surface area contributed by atoms with Crippen molar-refractivity contribution in [3.63, 3.8) is 0 Å². The zero-order chi connectivity index (χ0) is 39.8. The summed E-state index contributed by atoms with van der Waals surface area (Å²) in [5, 5.41) is 5.17. The van der Waals surface area contributed by atoms with E-state index >= 15 is 0 Å². The summed E-state index contributed by atoms with van der Waals surface area (Å²) >= 11 is 0. The first-order valence-corrected chi connectivity index (χ1v) is 19.8. The van der Waals surface area contributed by atoms with E-state index in [-0.39, 0.29) is 24.1 Å². The van der Waals surface area contributed by atoms with Crippen molar-refractivity contribution in [2.75, 3.05) is 47.8 Å². The molecule has 4 amide bonds. The van der Waals surface area contributed by atoms with E-state index in [0.717, 1.165) is 60.5 Å². The van der Waals surface area contributed by atoms with E-state index in [1.165, 1.54) is 11.0 Å². The van der Waals surface area contributed by atoms with Crippen LogP contribution in [-0.4, -0.2) is 114 Å². The summed E-state index contributed by atoms with van der Waals surface area (Å²) < 4.78 is 5.51. The summed E-state index contributed by atoms with van der Waals surface area (Å²) in [6.45, 7) is 7.70. The molecule has 1 saturated heterocycles. The summed E-state index contributed by atoms with van der Waals surface area (Å²) in [7, 11) is 7.48. The first kappa shape index (κ1) is 41.5. The topological polar surface area (TPSA) is 103 Å². The van der Waals surface area contributed by atoms with Gasteiger partial charge in [0.2, 0.25) is 17.7 Å². The van der Waals surface area contributed by atoms with Crippen molar-refractivity contribution in [1.82, 2.24) is 24.9 Å². The molecular weight excluding hydrogens is 691 g/mol. The smallest absolute Gasteiger partial charge is 0.408 e. The predicted octanol–water partition coefficient (Wildman–Crippen LogP) is 6.47. The Kier molecular flexibility index (Phi) is 13.8. The van der Waals surface area contributed by atoms with E-state index in [1.54, 1.807) is 25.1 Å². The minimum atomic E-state index is -0.880. The van der Waals surface area contributed by atoms with Crippen LogP contribution in [0.4, 0.5) is 4.79 Å². The average molecular weight is 752 g/mol. The van der Waals surface area contributed by atoms with Crippen LogP contribution in [0.25, 0.3) is 10.8 Å². The quantitative estimate of drug-likeness (QED) is 0.190. The largest absolute Gasteiger partial charge is 0.444 e. The number of amides is 4. The normalized spacial score (nSPS) is 18.0. The highest BCUT2D eigenvalue weighted by atomic mass is 16.6. The van der Waals surface area contributed by atoms with Crippen LogP contribution >= 0.6 is 0 Å². The summed E-state index contributed by atoms with van der Waals surface area (Å²) in [6, 6.07) is 22.4. The molecule has 2 aliphatic rings. The standard InChI is InChI=1S/C45H61N5O5/c1-44(2,3)55-43(54)46-45(25-15-26-45)24-13-21-40(51)48(6)38(30-34-22-23-36-19-11-12-20-37(36)28-34)41(52)49(7)39(29-33-16-9-8-10-17-33)42(53)50-27-14-18-35(32-50)31-47(4)5/h8-13,16-17,19-23,28,35,38-39H,14-15,18,24-27,29-32H2,1-7H3,(H,46,54)/b21-13+/t35-,38+,39?/m0/s1. The molecule has 10 heteroatoms. The number of fused-ring (bicyclic) bond motifs is 1. The van der Waals surface area contributed by atoms with Crippen molar-refractivity contribution in [3.05, 3.63) is 96.1 Å². The predicted molar refractivity (Wildman–Crippen MR) is 218 cm³/mol. The highest BCUT2D eigenvalue weighted by Gasteiger charge is 2.40. The second kappa shape index (κ2) is 18.3. The van der Waals surface area contributed by atoms with Crippen LogP contribution in [-0.2, 0) is 32.0 Å². The van der Waals surface area contributed by atoms with Gasteiger partial charge >= 0.3 is 6.09 Å². The Labute approximate surface area is 327 Å². The highest BCUT2D eigenvalue weighted by Crippen LogP contribution is 2.35. The monoisotopic (exact) mass is 751 g/mol. The van der Waals surface area contributed by atoms with Gasteiger partial charge in [-0.2, -0.15) is 0 Å². The van der Waals surface area contributed by atoms with Crippen LogP contribution < -0.4 is 5.32 Å². The number of likely N-dealkylation sites (tertiary alicyclic amines) is 1. The van der Waals surface area contributed by atoms with Crippen LogP contribution in [0.15, 0.2) is 84.9 Å². The number of carbonyl (C=O) groups excluding carboxylic acids is 4. The van der Waals surface area contributed by atoms with Crippen molar-refractivity contribution in [2.45, 2.75) is 95.4 Å². The van der Waals surface area contributed by atoms with Gasteiger partial charge in [-0.05, 0) is 107 Å². The first-order chi connectivity index (χ1) is 26.1. The van der Waals surface area contributed by atoms with Gasteiger partial charge in [0.15, 0.2) is 0 Å². The molecule has 1 heterocycles. The maximum atomic E-state index is 14.9. The fraction of sp³-hybridized carbons (Fsp3) is 0.511. The fourth-order valence-corrected chi connectivity index (χ4v) is 7.90. The molecule has 1 unspecified atom stereocenters. The van der Waals surface area contributed by atoms with Crippen molar-refractivity contribution in [1.29, 1.82) is 0 Å². The van der Waals surface area contributed by atoms with Gasteiger partial charge in [-0.1, -0.05) is 78.9 Å². The Morgan fingerprint density at radius 3 is 2.18 bits per heavy atom. The molecule has 1 aliphatic carbocycles. The van der Waals surface area contributed by atoms with Crippen LogP contribution in [0.2, 0.25) is 0 Å². The molecule has 3 atom stereocenters. The molecule has 1 saturated carbocycles. The Balaban J connectivity index is 1.40. The number of alkyl carbamates (subject to hydrolysis) is 1. The zero-order valence-electron chi connectivity index (χ0n) is 33.9. The van der Waals surface area contributed by atoms with Gasteiger partial charge in [0.1, 0.15) is 17.7 Å². The number of carbonyl (C=O) groups is 4. The molecular formula is C45H61N5O5. The molecule has 0 spiro atoms. The third-order valence-electron chi connectivity index (χ3n) is 11.0. The second-order valence-corrected chi connectivity index (χ2v) is 16.9. The molecule has 1 aliphatic heterocycles. The Morgan fingerprint density at radius 2 is 1.53 bits per heavy atom. The highest BCUT2D eigenvalue weighted by molar-refractivity contribution is 5.95.